The Labute approximate surface area is 149 Å². The molecule has 0 aliphatic carbocycles. The van der Waals surface area contributed by atoms with Gasteiger partial charge in [0, 0.05) is 13.1 Å². The Morgan fingerprint density at radius 1 is 1.00 bits per heavy atom. The topological polar surface area (TPSA) is 58.6 Å². The Morgan fingerprint density at radius 2 is 1.68 bits per heavy atom. The van der Waals surface area contributed by atoms with Crippen molar-refractivity contribution in [3.05, 3.63) is 48.5 Å². The van der Waals surface area contributed by atoms with Crippen molar-refractivity contribution < 1.29 is 13.2 Å². The summed E-state index contributed by atoms with van der Waals surface area (Å²) >= 11 is 0. The highest BCUT2D eigenvalue weighted by Crippen LogP contribution is 2.30. The average Bonchev–Trinajstić information content (AvgIpc) is 2.63. The molecule has 0 amide bonds. The summed E-state index contributed by atoms with van der Waals surface area (Å²) in [4.78, 5) is 2.48. The summed E-state index contributed by atoms with van der Waals surface area (Å²) in [6, 6.07) is 14.1. The van der Waals surface area contributed by atoms with Crippen LogP contribution in [0, 0.1) is 0 Å². The van der Waals surface area contributed by atoms with E-state index in [9.17, 15) is 8.42 Å². The average molecular weight is 360 g/mol. The minimum atomic E-state index is -3.64. The van der Waals surface area contributed by atoms with Crippen molar-refractivity contribution in [2.24, 2.45) is 0 Å². The SMILES string of the molecule is CCOc1ccc(S(=O)(=O)Nc2ccccc2N2CCCCC2)cc1. The van der Waals surface area contributed by atoms with E-state index in [4.69, 9.17) is 4.74 Å². The molecule has 1 saturated heterocycles. The van der Waals surface area contributed by atoms with Gasteiger partial charge in [-0.25, -0.2) is 8.42 Å². The van der Waals surface area contributed by atoms with Crippen molar-refractivity contribution >= 4 is 21.4 Å². The second-order valence-corrected chi connectivity index (χ2v) is 7.76. The van der Waals surface area contributed by atoms with E-state index in [0.29, 0.717) is 18.0 Å². The molecular weight excluding hydrogens is 336 g/mol. The molecule has 0 saturated carbocycles. The number of benzene rings is 2. The standard InChI is InChI=1S/C19H24N2O3S/c1-2-24-16-10-12-17(13-11-16)25(22,23)20-18-8-4-5-9-19(18)21-14-6-3-7-15-21/h4-5,8-13,20H,2-3,6-7,14-15H2,1H3. The first-order chi connectivity index (χ1) is 12.1. The maximum absolute atomic E-state index is 12.7. The van der Waals surface area contributed by atoms with Crippen molar-refractivity contribution in [2.75, 3.05) is 29.3 Å². The van der Waals surface area contributed by atoms with Gasteiger partial charge in [-0.2, -0.15) is 0 Å². The van der Waals surface area contributed by atoms with Gasteiger partial charge in [0.2, 0.25) is 0 Å². The van der Waals surface area contributed by atoms with Crippen molar-refractivity contribution in [3.8, 4) is 5.75 Å². The summed E-state index contributed by atoms with van der Waals surface area (Å²) in [5.41, 5.74) is 1.56. The van der Waals surface area contributed by atoms with Crippen LogP contribution in [0.3, 0.4) is 0 Å². The molecule has 0 aromatic heterocycles. The van der Waals surface area contributed by atoms with Gasteiger partial charge in [-0.3, -0.25) is 4.72 Å². The molecule has 3 rings (SSSR count). The first-order valence-corrected chi connectivity index (χ1v) is 10.2. The van der Waals surface area contributed by atoms with Crippen LogP contribution in [0.2, 0.25) is 0 Å². The molecular formula is C19H24N2O3S. The third-order valence-electron chi connectivity index (χ3n) is 4.29. The fourth-order valence-electron chi connectivity index (χ4n) is 3.06. The van der Waals surface area contributed by atoms with Gasteiger partial charge in [0.1, 0.15) is 5.75 Å². The molecule has 1 aliphatic heterocycles. The Kier molecular flexibility index (Phi) is 5.48. The number of nitrogens with zero attached hydrogens (tertiary/aromatic N) is 1. The molecule has 6 heteroatoms. The molecule has 1 fully saturated rings. The molecule has 134 valence electrons. The quantitative estimate of drug-likeness (QED) is 0.849. The predicted molar refractivity (Wildman–Crippen MR) is 101 cm³/mol. The van der Waals surface area contributed by atoms with E-state index in [2.05, 4.69) is 9.62 Å². The molecule has 0 spiro atoms. The molecule has 1 aliphatic rings. The zero-order valence-corrected chi connectivity index (χ0v) is 15.3. The molecule has 1 heterocycles. The van der Waals surface area contributed by atoms with E-state index in [1.807, 2.05) is 31.2 Å². The van der Waals surface area contributed by atoms with Gasteiger partial charge in [0.05, 0.1) is 22.9 Å². The minimum Gasteiger partial charge on any atom is -0.494 e. The van der Waals surface area contributed by atoms with Gasteiger partial charge in [0.25, 0.3) is 10.0 Å². The lowest BCUT2D eigenvalue weighted by atomic mass is 10.1. The number of para-hydroxylation sites is 2. The maximum atomic E-state index is 12.7. The molecule has 25 heavy (non-hydrogen) atoms. The smallest absolute Gasteiger partial charge is 0.261 e. The number of hydrogen-bond acceptors (Lipinski definition) is 4. The van der Waals surface area contributed by atoms with Crippen LogP contribution in [0.25, 0.3) is 0 Å². The molecule has 0 atom stereocenters. The second-order valence-electron chi connectivity index (χ2n) is 6.07. The highest BCUT2D eigenvalue weighted by molar-refractivity contribution is 7.92. The van der Waals surface area contributed by atoms with Gasteiger partial charge in [-0.05, 0) is 62.6 Å². The number of anilines is 2. The summed E-state index contributed by atoms with van der Waals surface area (Å²) < 4.78 is 33.6. The highest BCUT2D eigenvalue weighted by Gasteiger charge is 2.19. The number of ether oxygens (including phenoxy) is 1. The van der Waals surface area contributed by atoms with E-state index >= 15 is 0 Å². The van der Waals surface area contributed by atoms with Gasteiger partial charge in [0.15, 0.2) is 0 Å². The molecule has 0 bridgehead atoms. The first-order valence-electron chi connectivity index (χ1n) is 8.70. The molecule has 2 aromatic rings. The van der Waals surface area contributed by atoms with E-state index in [1.54, 1.807) is 24.3 Å². The second kappa shape index (κ2) is 7.78. The maximum Gasteiger partial charge on any atom is 0.261 e. The summed E-state index contributed by atoms with van der Waals surface area (Å²) in [5.74, 6) is 0.662. The molecule has 5 nitrogen and oxygen atoms in total. The third kappa shape index (κ3) is 4.25. The Bertz CT molecular complexity index is 798. The number of sulfonamides is 1. The molecule has 2 aromatic carbocycles. The van der Waals surface area contributed by atoms with E-state index < -0.39 is 10.0 Å². The van der Waals surface area contributed by atoms with E-state index in [1.165, 1.54) is 6.42 Å². The molecule has 1 N–H and O–H groups in total. The van der Waals surface area contributed by atoms with Crippen LogP contribution in [0.15, 0.2) is 53.4 Å². The largest absolute Gasteiger partial charge is 0.494 e. The predicted octanol–water partition coefficient (Wildman–Crippen LogP) is 3.88. The first kappa shape index (κ1) is 17.6. The minimum absolute atomic E-state index is 0.226. The van der Waals surface area contributed by atoms with Crippen molar-refractivity contribution in [1.82, 2.24) is 0 Å². The Morgan fingerprint density at radius 3 is 2.36 bits per heavy atom. The van der Waals surface area contributed by atoms with Crippen LogP contribution in [-0.2, 0) is 10.0 Å². The Hall–Kier alpha value is -2.21. The van der Waals surface area contributed by atoms with E-state index in [0.717, 1.165) is 31.6 Å². The summed E-state index contributed by atoms with van der Waals surface area (Å²) in [7, 11) is -3.64. The summed E-state index contributed by atoms with van der Waals surface area (Å²) in [5, 5.41) is 0. The number of rotatable bonds is 6. The normalized spacial score (nSPS) is 15.0. The van der Waals surface area contributed by atoms with Gasteiger partial charge < -0.3 is 9.64 Å². The third-order valence-corrected chi connectivity index (χ3v) is 5.67. The van der Waals surface area contributed by atoms with Crippen LogP contribution in [0.5, 0.6) is 5.75 Å². The lowest BCUT2D eigenvalue weighted by molar-refractivity contribution is 0.340. The van der Waals surface area contributed by atoms with Crippen LogP contribution in [0.1, 0.15) is 26.2 Å². The highest BCUT2D eigenvalue weighted by atomic mass is 32.2. The van der Waals surface area contributed by atoms with Crippen LogP contribution >= 0.6 is 0 Å². The zero-order chi connectivity index (χ0) is 17.7. The fraction of sp³-hybridized carbons (Fsp3) is 0.368. The van der Waals surface area contributed by atoms with Gasteiger partial charge >= 0.3 is 0 Å². The van der Waals surface area contributed by atoms with Crippen LogP contribution in [-0.4, -0.2) is 28.1 Å². The monoisotopic (exact) mass is 360 g/mol. The fourth-order valence-corrected chi connectivity index (χ4v) is 4.13. The summed E-state index contributed by atoms with van der Waals surface area (Å²) in [6.07, 6.45) is 3.51. The van der Waals surface area contributed by atoms with Crippen LogP contribution in [0.4, 0.5) is 11.4 Å². The van der Waals surface area contributed by atoms with Crippen molar-refractivity contribution in [1.29, 1.82) is 0 Å². The van der Waals surface area contributed by atoms with Gasteiger partial charge in [-0.1, -0.05) is 12.1 Å². The van der Waals surface area contributed by atoms with Gasteiger partial charge in [-0.15, -0.1) is 0 Å². The zero-order valence-electron chi connectivity index (χ0n) is 14.4. The molecule has 0 unspecified atom stereocenters. The van der Waals surface area contributed by atoms with Crippen LogP contribution < -0.4 is 14.4 Å². The van der Waals surface area contributed by atoms with Crippen molar-refractivity contribution in [2.45, 2.75) is 31.1 Å². The summed E-state index contributed by atoms with van der Waals surface area (Å²) in [6.45, 7) is 4.36. The molecule has 0 radical (unpaired) electrons. The number of piperidine rings is 1. The lowest BCUT2D eigenvalue weighted by Crippen LogP contribution is -2.30. The lowest BCUT2D eigenvalue weighted by Gasteiger charge is -2.30. The number of hydrogen-bond donors (Lipinski definition) is 1. The number of nitrogens with one attached hydrogen (secondary N) is 1. The van der Waals surface area contributed by atoms with E-state index in [-0.39, 0.29) is 4.90 Å². The van der Waals surface area contributed by atoms with Crippen molar-refractivity contribution in [3.63, 3.8) is 0 Å². The Balaban J connectivity index is 1.83.